The molecule has 1 aromatic heterocycles. The molecule has 21 heavy (non-hydrogen) atoms. The van der Waals surface area contributed by atoms with Crippen molar-refractivity contribution in [3.8, 4) is 0 Å². The van der Waals surface area contributed by atoms with Gasteiger partial charge in [0.1, 0.15) is 5.82 Å². The highest BCUT2D eigenvalue weighted by Crippen LogP contribution is 2.47. The van der Waals surface area contributed by atoms with E-state index in [2.05, 4.69) is 15.2 Å². The van der Waals surface area contributed by atoms with Gasteiger partial charge in [-0.05, 0) is 45.4 Å². The SMILES string of the molecule is Cc1nc([C@@H]2CN(C(=O)N(C)C(C)C)C[C@H]2C2CC2)n[nH]1. The zero-order chi connectivity index (χ0) is 15.1. The van der Waals surface area contributed by atoms with Gasteiger partial charge in [-0.3, -0.25) is 5.10 Å². The maximum absolute atomic E-state index is 12.6. The summed E-state index contributed by atoms with van der Waals surface area (Å²) < 4.78 is 0. The molecule has 2 aliphatic rings. The second kappa shape index (κ2) is 5.31. The van der Waals surface area contributed by atoms with Crippen molar-refractivity contribution in [1.82, 2.24) is 25.0 Å². The van der Waals surface area contributed by atoms with E-state index < -0.39 is 0 Å². The first-order valence-electron chi connectivity index (χ1n) is 7.88. The van der Waals surface area contributed by atoms with Crippen molar-refractivity contribution in [3.05, 3.63) is 11.6 Å². The van der Waals surface area contributed by atoms with Crippen LogP contribution in [0.5, 0.6) is 0 Å². The van der Waals surface area contributed by atoms with Crippen LogP contribution in [0.25, 0.3) is 0 Å². The van der Waals surface area contributed by atoms with E-state index in [1.54, 1.807) is 0 Å². The number of urea groups is 1. The van der Waals surface area contributed by atoms with Crippen molar-refractivity contribution in [2.24, 2.45) is 11.8 Å². The van der Waals surface area contributed by atoms with E-state index >= 15 is 0 Å². The predicted molar refractivity (Wildman–Crippen MR) is 79.9 cm³/mol. The van der Waals surface area contributed by atoms with E-state index in [9.17, 15) is 4.79 Å². The third-order valence-electron chi connectivity index (χ3n) is 4.89. The first-order valence-corrected chi connectivity index (χ1v) is 7.88. The summed E-state index contributed by atoms with van der Waals surface area (Å²) in [5, 5.41) is 7.28. The van der Waals surface area contributed by atoms with Crippen LogP contribution < -0.4 is 0 Å². The highest BCUT2D eigenvalue weighted by atomic mass is 16.2. The molecule has 2 amide bonds. The van der Waals surface area contributed by atoms with Gasteiger partial charge in [0.15, 0.2) is 5.82 Å². The average molecular weight is 291 g/mol. The number of carbonyl (C=O) groups excluding carboxylic acids is 1. The van der Waals surface area contributed by atoms with Crippen molar-refractivity contribution in [2.75, 3.05) is 20.1 Å². The number of H-pyrrole nitrogens is 1. The fourth-order valence-corrected chi connectivity index (χ4v) is 3.23. The van der Waals surface area contributed by atoms with Crippen LogP contribution in [-0.4, -0.2) is 57.2 Å². The molecule has 2 atom stereocenters. The minimum absolute atomic E-state index is 0.130. The number of aryl methyl sites for hydroxylation is 1. The smallest absolute Gasteiger partial charge is 0.320 e. The van der Waals surface area contributed by atoms with Crippen LogP contribution in [0.15, 0.2) is 0 Å². The second-order valence-electron chi connectivity index (χ2n) is 6.78. The third kappa shape index (κ3) is 2.76. The average Bonchev–Trinajstić information content (AvgIpc) is 3.05. The lowest BCUT2D eigenvalue weighted by Gasteiger charge is -2.27. The monoisotopic (exact) mass is 291 g/mol. The first-order chi connectivity index (χ1) is 9.97. The Hall–Kier alpha value is -1.59. The summed E-state index contributed by atoms with van der Waals surface area (Å²) in [4.78, 5) is 20.9. The molecular weight excluding hydrogens is 266 g/mol. The third-order valence-corrected chi connectivity index (χ3v) is 4.89. The molecule has 6 heteroatoms. The van der Waals surface area contributed by atoms with E-state index in [0.717, 1.165) is 30.7 Å². The lowest BCUT2D eigenvalue weighted by molar-refractivity contribution is 0.160. The Labute approximate surface area is 125 Å². The Morgan fingerprint density at radius 3 is 2.62 bits per heavy atom. The molecule has 0 radical (unpaired) electrons. The molecule has 1 N–H and O–H groups in total. The van der Waals surface area contributed by atoms with Gasteiger partial charge in [-0.2, -0.15) is 5.10 Å². The molecule has 0 aromatic carbocycles. The second-order valence-corrected chi connectivity index (χ2v) is 6.78. The molecule has 1 saturated heterocycles. The van der Waals surface area contributed by atoms with E-state index in [-0.39, 0.29) is 18.0 Å². The standard InChI is InChI=1S/C15H25N5O/c1-9(2)19(4)15(21)20-7-12(11-5-6-11)13(8-20)14-16-10(3)17-18-14/h9,11-13H,5-8H2,1-4H3,(H,16,17,18)/t12-,13+/m0/s1. The molecule has 3 rings (SSSR count). The first kappa shape index (κ1) is 14.4. The number of rotatable bonds is 3. The van der Waals surface area contributed by atoms with Crippen molar-refractivity contribution in [1.29, 1.82) is 0 Å². The number of hydrogen-bond donors (Lipinski definition) is 1. The lowest BCUT2D eigenvalue weighted by atomic mass is 9.91. The molecular formula is C15H25N5O. The van der Waals surface area contributed by atoms with Crippen LogP contribution in [0.1, 0.15) is 44.3 Å². The van der Waals surface area contributed by atoms with Crippen LogP contribution in [0.2, 0.25) is 0 Å². The van der Waals surface area contributed by atoms with Crippen LogP contribution in [0.3, 0.4) is 0 Å². The predicted octanol–water partition coefficient (Wildman–Crippen LogP) is 2.00. The molecule has 6 nitrogen and oxygen atoms in total. The zero-order valence-corrected chi connectivity index (χ0v) is 13.3. The van der Waals surface area contributed by atoms with Crippen LogP contribution in [-0.2, 0) is 0 Å². The van der Waals surface area contributed by atoms with Gasteiger partial charge in [-0.25, -0.2) is 9.78 Å². The summed E-state index contributed by atoms with van der Waals surface area (Å²) >= 11 is 0. The number of nitrogens with zero attached hydrogens (tertiary/aromatic N) is 4. The summed E-state index contributed by atoms with van der Waals surface area (Å²) in [6.45, 7) is 7.60. The van der Waals surface area contributed by atoms with E-state index in [0.29, 0.717) is 5.92 Å². The maximum atomic E-state index is 12.6. The van der Waals surface area contributed by atoms with Crippen molar-refractivity contribution in [2.45, 2.75) is 45.6 Å². The maximum Gasteiger partial charge on any atom is 0.320 e. The van der Waals surface area contributed by atoms with Crippen molar-refractivity contribution < 1.29 is 4.79 Å². The molecule has 0 spiro atoms. The number of aromatic amines is 1. The summed E-state index contributed by atoms with van der Waals surface area (Å²) in [6, 6.07) is 0.354. The van der Waals surface area contributed by atoms with Crippen molar-refractivity contribution in [3.63, 3.8) is 0 Å². The molecule has 116 valence electrons. The molecule has 0 unspecified atom stereocenters. The van der Waals surface area contributed by atoms with Gasteiger partial charge in [-0.15, -0.1) is 0 Å². The highest BCUT2D eigenvalue weighted by molar-refractivity contribution is 5.75. The Morgan fingerprint density at radius 2 is 2.10 bits per heavy atom. The Kier molecular flexibility index (Phi) is 3.63. The molecule has 1 aliphatic carbocycles. The summed E-state index contributed by atoms with van der Waals surface area (Å²) in [6.07, 6.45) is 2.57. The molecule has 1 aliphatic heterocycles. The van der Waals surface area contributed by atoms with Gasteiger partial charge in [0.2, 0.25) is 0 Å². The molecule has 2 heterocycles. The van der Waals surface area contributed by atoms with Gasteiger partial charge >= 0.3 is 6.03 Å². The summed E-state index contributed by atoms with van der Waals surface area (Å²) in [5.74, 6) is 3.28. The minimum Gasteiger partial charge on any atom is -0.325 e. The van der Waals surface area contributed by atoms with Crippen LogP contribution in [0, 0.1) is 18.8 Å². The van der Waals surface area contributed by atoms with Crippen LogP contribution in [0.4, 0.5) is 4.79 Å². The Morgan fingerprint density at radius 1 is 1.38 bits per heavy atom. The molecule has 2 fully saturated rings. The van der Waals surface area contributed by atoms with Gasteiger partial charge in [-0.1, -0.05) is 0 Å². The number of likely N-dealkylation sites (tertiary alicyclic amines) is 1. The summed E-state index contributed by atoms with van der Waals surface area (Å²) in [7, 11) is 1.88. The highest BCUT2D eigenvalue weighted by Gasteiger charge is 2.46. The number of aromatic nitrogens is 3. The van der Waals surface area contributed by atoms with Gasteiger partial charge in [0, 0.05) is 32.1 Å². The summed E-state index contributed by atoms with van der Waals surface area (Å²) in [5.41, 5.74) is 0. The van der Waals surface area contributed by atoms with Gasteiger partial charge in [0.25, 0.3) is 0 Å². The Balaban J connectivity index is 1.76. The lowest BCUT2D eigenvalue weighted by Crippen LogP contribution is -2.43. The normalized spacial score (nSPS) is 25.7. The molecule has 1 aromatic rings. The number of carbonyl (C=O) groups is 1. The number of amides is 2. The zero-order valence-electron chi connectivity index (χ0n) is 13.3. The largest absolute Gasteiger partial charge is 0.325 e. The number of hydrogen-bond acceptors (Lipinski definition) is 3. The van der Waals surface area contributed by atoms with E-state index in [4.69, 9.17) is 0 Å². The minimum atomic E-state index is 0.130. The molecule has 1 saturated carbocycles. The van der Waals surface area contributed by atoms with Gasteiger partial charge < -0.3 is 9.80 Å². The van der Waals surface area contributed by atoms with E-state index in [1.165, 1.54) is 12.8 Å². The number of nitrogens with one attached hydrogen (secondary N) is 1. The fraction of sp³-hybridized carbons (Fsp3) is 0.800. The van der Waals surface area contributed by atoms with E-state index in [1.807, 2.05) is 37.6 Å². The topological polar surface area (TPSA) is 65.1 Å². The Bertz CT molecular complexity index is 522. The van der Waals surface area contributed by atoms with Crippen molar-refractivity contribution >= 4 is 6.03 Å². The quantitative estimate of drug-likeness (QED) is 0.926. The molecule has 0 bridgehead atoms. The van der Waals surface area contributed by atoms with Gasteiger partial charge in [0.05, 0.1) is 0 Å². The van der Waals surface area contributed by atoms with Crippen LogP contribution >= 0.6 is 0 Å². The fourth-order valence-electron chi connectivity index (χ4n) is 3.23.